The van der Waals surface area contributed by atoms with Crippen LogP contribution in [0.2, 0.25) is 0 Å². The molecule has 0 radical (unpaired) electrons. The molecule has 0 aliphatic heterocycles. The molecule has 0 spiro atoms. The molecule has 0 saturated heterocycles. The Morgan fingerprint density at radius 3 is 2.44 bits per heavy atom. The van der Waals surface area contributed by atoms with Gasteiger partial charge in [0, 0.05) is 4.47 Å². The maximum absolute atomic E-state index is 13.1. The number of ether oxygens (including phenoxy) is 2. The predicted molar refractivity (Wildman–Crippen MR) is 129 cm³/mol. The van der Waals surface area contributed by atoms with Gasteiger partial charge < -0.3 is 9.47 Å². The van der Waals surface area contributed by atoms with Crippen LogP contribution >= 0.6 is 15.9 Å². The van der Waals surface area contributed by atoms with Crippen molar-refractivity contribution in [3.63, 3.8) is 0 Å². The minimum atomic E-state index is -0.287. The van der Waals surface area contributed by atoms with Gasteiger partial charge >= 0.3 is 0 Å². The van der Waals surface area contributed by atoms with E-state index in [1.165, 1.54) is 12.1 Å². The summed E-state index contributed by atoms with van der Waals surface area (Å²) in [6.45, 7) is 0.277. The van der Waals surface area contributed by atoms with Crippen molar-refractivity contribution < 1.29 is 13.9 Å². The van der Waals surface area contributed by atoms with Gasteiger partial charge in [-0.3, -0.25) is 0 Å². The molecule has 0 aromatic heterocycles. The lowest BCUT2D eigenvalue weighted by atomic mass is 10.00. The predicted octanol–water partition coefficient (Wildman–Crippen LogP) is 7.39. The fraction of sp³-hybridized carbons (Fsp3) is 0.0741. The zero-order chi connectivity index (χ0) is 22.5. The van der Waals surface area contributed by atoms with Crippen LogP contribution in [0.5, 0.6) is 11.5 Å². The zero-order valence-corrected chi connectivity index (χ0v) is 18.9. The Morgan fingerprint density at radius 1 is 0.969 bits per heavy atom. The highest BCUT2D eigenvalue weighted by Crippen LogP contribution is 2.36. The van der Waals surface area contributed by atoms with Crippen LogP contribution in [0.3, 0.4) is 0 Å². The van der Waals surface area contributed by atoms with Gasteiger partial charge in [-0.1, -0.05) is 64.5 Å². The Labute approximate surface area is 194 Å². The molecule has 0 amide bonds. The van der Waals surface area contributed by atoms with E-state index in [0.29, 0.717) is 17.1 Å². The molecule has 3 nitrogen and oxygen atoms in total. The van der Waals surface area contributed by atoms with Crippen LogP contribution in [0.25, 0.3) is 22.4 Å². The highest BCUT2D eigenvalue weighted by atomic mass is 79.9. The third kappa shape index (κ3) is 4.82. The second-order valence-corrected chi connectivity index (χ2v) is 8.03. The van der Waals surface area contributed by atoms with E-state index in [-0.39, 0.29) is 12.4 Å². The summed E-state index contributed by atoms with van der Waals surface area (Å²) < 4.78 is 25.3. The summed E-state index contributed by atoms with van der Waals surface area (Å²) >= 11 is 3.58. The van der Waals surface area contributed by atoms with Gasteiger partial charge in [0.25, 0.3) is 0 Å². The number of benzene rings is 4. The van der Waals surface area contributed by atoms with Gasteiger partial charge in [0.15, 0.2) is 11.5 Å². The van der Waals surface area contributed by atoms with Crippen LogP contribution in [0.4, 0.5) is 4.39 Å². The number of hydrogen-bond acceptors (Lipinski definition) is 3. The van der Waals surface area contributed by atoms with Crippen molar-refractivity contribution in [3.05, 3.63) is 106 Å². The van der Waals surface area contributed by atoms with E-state index in [0.717, 1.165) is 31.9 Å². The zero-order valence-electron chi connectivity index (χ0n) is 17.3. The summed E-state index contributed by atoms with van der Waals surface area (Å²) in [5.74, 6) is 0.798. The first-order chi connectivity index (χ1) is 15.6. The number of hydrogen-bond donors (Lipinski definition) is 0. The number of rotatable bonds is 6. The molecule has 0 bridgehead atoms. The Kier molecular flexibility index (Phi) is 6.53. The molecule has 0 aliphatic carbocycles. The van der Waals surface area contributed by atoms with Crippen molar-refractivity contribution in [1.29, 1.82) is 5.26 Å². The first kappa shape index (κ1) is 21.6. The average Bonchev–Trinajstić information content (AvgIpc) is 2.82. The maximum Gasteiger partial charge on any atom is 0.162 e. The monoisotopic (exact) mass is 487 g/mol. The fourth-order valence-corrected chi connectivity index (χ4v) is 3.80. The number of halogens is 2. The molecule has 0 aliphatic rings. The number of fused-ring (bicyclic) bond motifs is 1. The Morgan fingerprint density at radius 2 is 1.72 bits per heavy atom. The summed E-state index contributed by atoms with van der Waals surface area (Å²) in [6, 6.07) is 26.1. The molecule has 0 heterocycles. The quantitative estimate of drug-likeness (QED) is 0.210. The Balaban J connectivity index is 1.64. The number of nitrogens with zero attached hydrogens (tertiary/aromatic N) is 1. The highest BCUT2D eigenvalue weighted by Gasteiger charge is 2.12. The van der Waals surface area contributed by atoms with E-state index in [4.69, 9.17) is 9.47 Å². The van der Waals surface area contributed by atoms with Crippen molar-refractivity contribution in [2.24, 2.45) is 0 Å². The largest absolute Gasteiger partial charge is 0.493 e. The Hall–Kier alpha value is -3.62. The van der Waals surface area contributed by atoms with Gasteiger partial charge in [-0.2, -0.15) is 5.26 Å². The van der Waals surface area contributed by atoms with Crippen LogP contribution in [0.1, 0.15) is 16.7 Å². The lowest BCUT2D eigenvalue weighted by molar-refractivity contribution is 0.284. The average molecular weight is 488 g/mol. The number of allylic oxidation sites excluding steroid dienone is 1. The first-order valence-corrected chi connectivity index (χ1v) is 10.7. The summed E-state index contributed by atoms with van der Waals surface area (Å²) in [5.41, 5.74) is 3.02. The lowest BCUT2D eigenvalue weighted by Crippen LogP contribution is -1.98. The van der Waals surface area contributed by atoms with Crippen LogP contribution in [-0.4, -0.2) is 7.11 Å². The molecule has 4 aromatic rings. The third-order valence-corrected chi connectivity index (χ3v) is 5.76. The van der Waals surface area contributed by atoms with Gasteiger partial charge in [0.05, 0.1) is 18.8 Å². The molecule has 5 heteroatoms. The molecule has 0 fully saturated rings. The normalized spacial score (nSPS) is 11.2. The second-order valence-electron chi connectivity index (χ2n) is 7.17. The smallest absolute Gasteiger partial charge is 0.162 e. The van der Waals surface area contributed by atoms with Crippen molar-refractivity contribution in [2.75, 3.05) is 7.11 Å². The summed E-state index contributed by atoms with van der Waals surface area (Å²) in [6.07, 6.45) is 1.82. The van der Waals surface area contributed by atoms with Crippen molar-refractivity contribution in [1.82, 2.24) is 0 Å². The second kappa shape index (κ2) is 9.67. The molecule has 32 heavy (non-hydrogen) atoms. The van der Waals surface area contributed by atoms with Crippen LogP contribution < -0.4 is 9.47 Å². The van der Waals surface area contributed by atoms with Gasteiger partial charge in [0.2, 0.25) is 0 Å². The van der Waals surface area contributed by atoms with Crippen molar-refractivity contribution in [2.45, 2.75) is 6.61 Å². The molecule has 0 atom stereocenters. The van der Waals surface area contributed by atoms with Gasteiger partial charge in [-0.05, 0) is 63.9 Å². The van der Waals surface area contributed by atoms with Gasteiger partial charge in [-0.15, -0.1) is 0 Å². The molecule has 158 valence electrons. The molecule has 0 saturated carbocycles. The topological polar surface area (TPSA) is 42.2 Å². The molecular weight excluding hydrogens is 469 g/mol. The van der Waals surface area contributed by atoms with E-state index >= 15 is 0 Å². The molecule has 4 aromatic carbocycles. The Bertz CT molecular complexity index is 1340. The minimum Gasteiger partial charge on any atom is -0.493 e. The fourth-order valence-electron chi connectivity index (χ4n) is 3.37. The van der Waals surface area contributed by atoms with Crippen molar-refractivity contribution >= 4 is 38.4 Å². The minimum absolute atomic E-state index is 0.277. The molecular formula is C27H19BrFNO2. The summed E-state index contributed by atoms with van der Waals surface area (Å²) in [4.78, 5) is 0. The van der Waals surface area contributed by atoms with E-state index < -0.39 is 0 Å². The van der Waals surface area contributed by atoms with Crippen LogP contribution in [0, 0.1) is 17.1 Å². The molecule has 0 unspecified atom stereocenters. The number of nitriles is 1. The van der Waals surface area contributed by atoms with Crippen LogP contribution in [0.15, 0.2) is 83.3 Å². The summed E-state index contributed by atoms with van der Waals surface area (Å²) in [5, 5.41) is 12.0. The third-order valence-electron chi connectivity index (χ3n) is 5.07. The first-order valence-electron chi connectivity index (χ1n) is 9.93. The highest BCUT2D eigenvalue weighted by molar-refractivity contribution is 9.10. The number of methoxy groups -OCH3 is 1. The lowest BCUT2D eigenvalue weighted by Gasteiger charge is -2.13. The van der Waals surface area contributed by atoms with E-state index in [9.17, 15) is 9.65 Å². The standard InChI is InChI=1S/C27H19BrFNO2/c1-31-26-14-22(25(28)15-27(26)32-17-18-6-10-24(29)11-7-18)13-23(16-30)21-9-8-19-4-2-3-5-20(19)12-21/h2-15H,17H2,1H3/b23-13-. The maximum atomic E-state index is 13.1. The van der Waals surface area contributed by atoms with E-state index in [1.807, 2.05) is 60.7 Å². The van der Waals surface area contributed by atoms with Crippen LogP contribution in [-0.2, 0) is 6.61 Å². The van der Waals surface area contributed by atoms with Gasteiger partial charge in [-0.25, -0.2) is 4.39 Å². The summed E-state index contributed by atoms with van der Waals surface area (Å²) in [7, 11) is 1.57. The molecule has 4 rings (SSSR count). The van der Waals surface area contributed by atoms with Crippen molar-refractivity contribution in [3.8, 4) is 17.6 Å². The molecule has 0 N–H and O–H groups in total. The van der Waals surface area contributed by atoms with E-state index in [1.54, 1.807) is 19.2 Å². The SMILES string of the molecule is COc1cc(/C=C(/C#N)c2ccc3ccccc3c2)c(Br)cc1OCc1ccc(F)cc1. The van der Waals surface area contributed by atoms with Gasteiger partial charge in [0.1, 0.15) is 12.4 Å². The van der Waals surface area contributed by atoms with E-state index in [2.05, 4.69) is 22.0 Å².